The summed E-state index contributed by atoms with van der Waals surface area (Å²) in [5, 5.41) is 5.53. The van der Waals surface area contributed by atoms with Crippen LogP contribution in [-0.4, -0.2) is 23.3 Å². The number of aromatic nitrogens is 2. The first-order valence-corrected chi connectivity index (χ1v) is 8.20. The molecule has 0 amide bonds. The fourth-order valence-electron chi connectivity index (χ4n) is 2.46. The van der Waals surface area contributed by atoms with Crippen molar-refractivity contribution in [3.05, 3.63) is 83.7 Å². The first-order valence-electron chi connectivity index (χ1n) is 8.20. The van der Waals surface area contributed by atoms with Crippen molar-refractivity contribution in [1.29, 1.82) is 0 Å². The number of aryl methyl sites for hydroxylation is 2. The molecule has 3 rings (SSSR count). The number of hydrogen-bond donors (Lipinski definition) is 2. The highest BCUT2D eigenvalue weighted by Gasteiger charge is 1.96. The lowest BCUT2D eigenvalue weighted by Crippen LogP contribution is -1.88. The molecule has 2 aromatic heterocycles. The fraction of sp³-hybridized carbons (Fsp3) is 0.143. The van der Waals surface area contributed by atoms with E-state index in [-0.39, 0.29) is 5.82 Å². The van der Waals surface area contributed by atoms with E-state index in [9.17, 15) is 9.18 Å². The number of nitrogens with one attached hydrogen (secondary N) is 2. The molecule has 2 heterocycles. The summed E-state index contributed by atoms with van der Waals surface area (Å²) in [5.41, 5.74) is 2.99. The van der Waals surface area contributed by atoms with Gasteiger partial charge in [0.05, 0.1) is 5.69 Å². The van der Waals surface area contributed by atoms with Gasteiger partial charge in [-0.3, -0.25) is 9.78 Å². The number of aldehydes is 1. The summed E-state index contributed by atoms with van der Waals surface area (Å²) < 4.78 is 13.0. The van der Waals surface area contributed by atoms with Crippen molar-refractivity contribution in [3.8, 4) is 0 Å². The molecule has 0 bridgehead atoms. The van der Waals surface area contributed by atoms with Gasteiger partial charge in [-0.15, -0.1) is 0 Å². The number of pyridine rings is 1. The van der Waals surface area contributed by atoms with E-state index in [1.807, 2.05) is 31.6 Å². The number of H-pyrrole nitrogens is 1. The number of carbonyl (C=O) groups is 1. The van der Waals surface area contributed by atoms with E-state index in [1.165, 1.54) is 22.9 Å². The Morgan fingerprint density at radius 1 is 1.12 bits per heavy atom. The first kappa shape index (κ1) is 19.1. The van der Waals surface area contributed by atoms with E-state index in [4.69, 9.17) is 0 Å². The van der Waals surface area contributed by atoms with E-state index in [0.29, 0.717) is 17.7 Å². The quantitative estimate of drug-likeness (QED) is 0.640. The molecule has 0 saturated carbocycles. The van der Waals surface area contributed by atoms with E-state index >= 15 is 0 Å². The second kappa shape index (κ2) is 9.32. The van der Waals surface area contributed by atoms with Gasteiger partial charge >= 0.3 is 0 Å². The zero-order valence-electron chi connectivity index (χ0n) is 15.1. The van der Waals surface area contributed by atoms with Crippen LogP contribution in [-0.2, 0) is 0 Å². The van der Waals surface area contributed by atoms with E-state index in [1.54, 1.807) is 26.0 Å². The predicted octanol–water partition coefficient (Wildman–Crippen LogP) is 4.98. The molecule has 5 heteroatoms. The second-order valence-electron chi connectivity index (χ2n) is 5.78. The number of rotatable bonds is 2. The SMILES string of the molecule is CNc1cccc2cnccc12.Cc1ccc(F)cc(C)[nH]c(C=O)c1. The van der Waals surface area contributed by atoms with Gasteiger partial charge in [0, 0.05) is 41.6 Å². The fourth-order valence-corrected chi connectivity index (χ4v) is 2.46. The molecule has 0 unspecified atom stereocenters. The Labute approximate surface area is 152 Å². The summed E-state index contributed by atoms with van der Waals surface area (Å²) in [6, 6.07) is 14.1. The second-order valence-corrected chi connectivity index (χ2v) is 5.78. The molecule has 0 atom stereocenters. The van der Waals surface area contributed by atoms with Gasteiger partial charge in [0.2, 0.25) is 0 Å². The number of benzene rings is 1. The van der Waals surface area contributed by atoms with E-state index in [0.717, 1.165) is 11.3 Å². The maximum atomic E-state index is 13.0. The van der Waals surface area contributed by atoms with Crippen molar-refractivity contribution in [2.75, 3.05) is 12.4 Å². The molecule has 0 saturated heterocycles. The number of aromatic amines is 1. The van der Waals surface area contributed by atoms with E-state index < -0.39 is 0 Å². The summed E-state index contributed by atoms with van der Waals surface area (Å²) in [6.07, 6.45) is 4.39. The third kappa shape index (κ3) is 5.41. The molecule has 0 aliphatic carbocycles. The maximum Gasteiger partial charge on any atom is 0.166 e. The molecule has 0 fully saturated rings. The highest BCUT2D eigenvalue weighted by atomic mass is 19.1. The Hall–Kier alpha value is -3.21. The van der Waals surface area contributed by atoms with Gasteiger partial charge in [0.1, 0.15) is 5.82 Å². The van der Waals surface area contributed by atoms with Crippen LogP contribution in [0.15, 0.2) is 60.9 Å². The topological polar surface area (TPSA) is 57.8 Å². The molecule has 0 radical (unpaired) electrons. The summed E-state index contributed by atoms with van der Waals surface area (Å²) in [7, 11) is 1.93. The van der Waals surface area contributed by atoms with Crippen LogP contribution < -0.4 is 5.32 Å². The van der Waals surface area contributed by atoms with Gasteiger partial charge in [-0.1, -0.05) is 18.2 Å². The van der Waals surface area contributed by atoms with Gasteiger partial charge in [-0.25, -0.2) is 4.39 Å². The van der Waals surface area contributed by atoms with Crippen LogP contribution in [0.4, 0.5) is 10.1 Å². The number of halogens is 1. The third-order valence-electron chi connectivity index (χ3n) is 3.66. The lowest BCUT2D eigenvalue weighted by atomic mass is 10.1. The van der Waals surface area contributed by atoms with Crippen molar-refractivity contribution in [2.45, 2.75) is 13.8 Å². The van der Waals surface area contributed by atoms with E-state index in [2.05, 4.69) is 27.4 Å². The molecule has 0 spiro atoms. The minimum atomic E-state index is -0.338. The summed E-state index contributed by atoms with van der Waals surface area (Å²) in [6.45, 7) is 3.50. The Bertz CT molecular complexity index is 944. The Kier molecular flexibility index (Phi) is 6.85. The van der Waals surface area contributed by atoms with Crippen LogP contribution >= 0.6 is 0 Å². The number of hydrogen-bond acceptors (Lipinski definition) is 3. The van der Waals surface area contributed by atoms with Crippen LogP contribution in [0.1, 0.15) is 21.7 Å². The number of anilines is 1. The lowest BCUT2D eigenvalue weighted by Gasteiger charge is -2.03. The Morgan fingerprint density at radius 2 is 1.92 bits per heavy atom. The van der Waals surface area contributed by atoms with Gasteiger partial charge in [-0.05, 0) is 49.7 Å². The molecular formula is C21H22FN3O. The summed E-state index contributed by atoms with van der Waals surface area (Å²) in [5.74, 6) is -0.338. The van der Waals surface area contributed by atoms with Gasteiger partial charge in [-0.2, -0.15) is 0 Å². The van der Waals surface area contributed by atoms with Crippen molar-refractivity contribution in [1.82, 2.24) is 9.97 Å². The predicted molar refractivity (Wildman–Crippen MR) is 105 cm³/mol. The monoisotopic (exact) mass is 351 g/mol. The average molecular weight is 351 g/mol. The number of carbonyl (C=O) groups excluding carboxylic acids is 1. The summed E-state index contributed by atoms with van der Waals surface area (Å²) >= 11 is 0. The molecule has 0 aliphatic rings. The number of nitrogens with zero attached hydrogens (tertiary/aromatic N) is 1. The van der Waals surface area contributed by atoms with Crippen molar-refractivity contribution >= 4 is 22.7 Å². The lowest BCUT2D eigenvalue weighted by molar-refractivity contribution is 0.111. The smallest absolute Gasteiger partial charge is 0.166 e. The largest absolute Gasteiger partial charge is 0.388 e. The maximum absolute atomic E-state index is 13.0. The van der Waals surface area contributed by atoms with Crippen LogP contribution in [0.2, 0.25) is 0 Å². The van der Waals surface area contributed by atoms with Gasteiger partial charge in [0.25, 0.3) is 0 Å². The summed E-state index contributed by atoms with van der Waals surface area (Å²) in [4.78, 5) is 17.5. The first-order chi connectivity index (χ1) is 12.5. The van der Waals surface area contributed by atoms with Crippen molar-refractivity contribution < 1.29 is 9.18 Å². The van der Waals surface area contributed by atoms with Crippen molar-refractivity contribution in [2.24, 2.45) is 0 Å². The molecular weight excluding hydrogens is 329 g/mol. The normalized spacial score (nSPS) is 9.69. The average Bonchev–Trinajstić information content (AvgIpc) is 2.71. The molecule has 26 heavy (non-hydrogen) atoms. The molecule has 1 aromatic carbocycles. The Morgan fingerprint density at radius 3 is 2.65 bits per heavy atom. The minimum Gasteiger partial charge on any atom is -0.388 e. The van der Waals surface area contributed by atoms with Crippen LogP contribution in [0.5, 0.6) is 0 Å². The minimum absolute atomic E-state index is 0.338. The highest BCUT2D eigenvalue weighted by molar-refractivity contribution is 5.92. The van der Waals surface area contributed by atoms with Crippen molar-refractivity contribution in [3.63, 3.8) is 0 Å². The molecule has 0 aliphatic heterocycles. The molecule has 3 aromatic rings. The molecule has 4 nitrogen and oxygen atoms in total. The van der Waals surface area contributed by atoms with Crippen LogP contribution in [0.25, 0.3) is 10.8 Å². The zero-order valence-corrected chi connectivity index (χ0v) is 15.1. The molecule has 134 valence electrons. The molecule has 2 N–H and O–H groups in total. The van der Waals surface area contributed by atoms with Crippen LogP contribution in [0.3, 0.4) is 0 Å². The van der Waals surface area contributed by atoms with Gasteiger partial charge < -0.3 is 10.3 Å². The third-order valence-corrected chi connectivity index (χ3v) is 3.66. The van der Waals surface area contributed by atoms with Crippen LogP contribution in [0, 0.1) is 19.7 Å². The number of fused-ring (bicyclic) bond motifs is 1. The zero-order chi connectivity index (χ0) is 18.9. The Balaban J connectivity index is 0.000000189. The standard InChI is InChI=1S/C11H12FNO.C10H10N2/c1-8-3-4-10(12)6-9(2)13-11(5-8)7-14;1-11-10-4-2-3-8-7-12-6-5-9(8)10/h3-7,13H,1-2H3;2-7,11H,1H3. The van der Waals surface area contributed by atoms with Gasteiger partial charge in [0.15, 0.2) is 6.29 Å². The highest BCUT2D eigenvalue weighted by Crippen LogP contribution is 2.20.